The van der Waals surface area contributed by atoms with Crippen LogP contribution in [0.15, 0.2) is 71.7 Å². The second kappa shape index (κ2) is 14.1. The number of hydrogen-bond acceptors (Lipinski definition) is 10. The lowest BCUT2D eigenvalue weighted by atomic mass is 10.0. The molecule has 0 aliphatic carbocycles. The normalized spacial score (nSPS) is 17.3. The van der Waals surface area contributed by atoms with Crippen molar-refractivity contribution >= 4 is 33.9 Å². The summed E-state index contributed by atoms with van der Waals surface area (Å²) in [5.41, 5.74) is 4.07. The van der Waals surface area contributed by atoms with Crippen LogP contribution in [0, 0.1) is 0 Å². The lowest BCUT2D eigenvalue weighted by Crippen LogP contribution is -2.42. The molecule has 0 bridgehead atoms. The summed E-state index contributed by atoms with van der Waals surface area (Å²) in [6.07, 6.45) is 12.0. The quantitative estimate of drug-likeness (QED) is 0.169. The Morgan fingerprint density at radius 3 is 2.44 bits per heavy atom. The molecule has 0 spiro atoms. The minimum Gasteiger partial charge on any atom is -0.457 e. The van der Waals surface area contributed by atoms with E-state index in [1.807, 2.05) is 97.4 Å². The van der Waals surface area contributed by atoms with Crippen molar-refractivity contribution in [2.24, 2.45) is 0 Å². The number of aromatic nitrogens is 6. The van der Waals surface area contributed by atoms with Gasteiger partial charge in [-0.25, -0.2) is 19.4 Å². The summed E-state index contributed by atoms with van der Waals surface area (Å²) in [5, 5.41) is 13.9. The third-order valence-electron chi connectivity index (χ3n) is 9.63. The Morgan fingerprint density at radius 2 is 1.69 bits per heavy atom. The minimum absolute atomic E-state index is 0.0621. The summed E-state index contributed by atoms with van der Waals surface area (Å²) in [4.78, 5) is 24.1. The summed E-state index contributed by atoms with van der Waals surface area (Å²) < 4.78 is 28.3. The third-order valence-corrected chi connectivity index (χ3v) is 9.63. The number of likely N-dealkylation sites (tertiary alicyclic amines) is 1. The highest BCUT2D eigenvalue weighted by atomic mass is 16.6. The van der Waals surface area contributed by atoms with Crippen molar-refractivity contribution in [3.05, 3.63) is 67.3 Å². The zero-order valence-corrected chi connectivity index (χ0v) is 31.8. The van der Waals surface area contributed by atoms with Crippen molar-refractivity contribution in [3.63, 3.8) is 0 Å². The molecule has 1 atom stereocenters. The number of anilines is 1. The molecule has 1 amide bonds. The van der Waals surface area contributed by atoms with E-state index >= 15 is 0 Å². The molecule has 0 saturated carbocycles. The van der Waals surface area contributed by atoms with Gasteiger partial charge in [0.05, 0.1) is 29.5 Å². The number of piperidine rings is 1. The van der Waals surface area contributed by atoms with Gasteiger partial charge in [0.25, 0.3) is 0 Å². The summed E-state index contributed by atoms with van der Waals surface area (Å²) in [6, 6.07) is 13.9. The predicted octanol–water partition coefficient (Wildman–Crippen LogP) is 9.38. The molecule has 0 radical (unpaired) electrons. The zero-order chi connectivity index (χ0) is 37.6. The Hall–Kier alpha value is -5.43. The monoisotopic (exact) mass is 732 g/mol. The van der Waals surface area contributed by atoms with Crippen molar-refractivity contribution in [1.29, 1.82) is 0 Å². The van der Waals surface area contributed by atoms with E-state index in [9.17, 15) is 4.79 Å². The summed E-state index contributed by atoms with van der Waals surface area (Å²) in [6.45, 7) is 13.9. The van der Waals surface area contributed by atoms with Gasteiger partial charge < -0.3 is 28.8 Å². The molecule has 2 saturated heterocycles. The van der Waals surface area contributed by atoms with Crippen LogP contribution in [-0.2, 0) is 9.47 Å². The number of pyridine rings is 1. The fourth-order valence-corrected chi connectivity index (χ4v) is 7.01. The molecule has 2 aliphatic rings. The topological polar surface area (TPSA) is 135 Å². The second-order valence-electron chi connectivity index (χ2n) is 16.3. The van der Waals surface area contributed by atoms with Crippen LogP contribution < -0.4 is 10.1 Å². The first-order valence-electron chi connectivity index (χ1n) is 18.8. The summed E-state index contributed by atoms with van der Waals surface area (Å²) >= 11 is 0. The van der Waals surface area contributed by atoms with Crippen LogP contribution in [-0.4, -0.2) is 71.4 Å². The maximum Gasteiger partial charge on any atom is 0.410 e. The minimum atomic E-state index is -0.516. The Bertz CT molecular complexity index is 2280. The molecular formula is C41H48N8O5. The largest absolute Gasteiger partial charge is 0.457 e. The van der Waals surface area contributed by atoms with Crippen molar-refractivity contribution < 1.29 is 23.4 Å². The van der Waals surface area contributed by atoms with Gasteiger partial charge in [-0.2, -0.15) is 10.2 Å². The van der Waals surface area contributed by atoms with Gasteiger partial charge in [-0.15, -0.1) is 0 Å². The van der Waals surface area contributed by atoms with E-state index in [0.29, 0.717) is 47.4 Å². The smallest absolute Gasteiger partial charge is 0.410 e. The van der Waals surface area contributed by atoms with E-state index in [0.717, 1.165) is 66.3 Å². The molecule has 8 rings (SSSR count). The fourth-order valence-electron chi connectivity index (χ4n) is 7.01. The van der Waals surface area contributed by atoms with Gasteiger partial charge in [0.1, 0.15) is 28.4 Å². The predicted molar refractivity (Wildman–Crippen MR) is 207 cm³/mol. The summed E-state index contributed by atoms with van der Waals surface area (Å²) in [5.74, 6) is 2.45. The molecule has 2 aliphatic heterocycles. The van der Waals surface area contributed by atoms with Gasteiger partial charge >= 0.3 is 6.09 Å². The Labute approximate surface area is 314 Å². The number of nitrogens with one attached hydrogen (secondary N) is 1. The summed E-state index contributed by atoms with van der Waals surface area (Å²) in [7, 11) is 0. The van der Waals surface area contributed by atoms with E-state index in [1.54, 1.807) is 4.90 Å². The SMILES string of the molecule is CC(C)(C)Nc1ncc(-c2cnn(C3CCN(C(=O)OC(C)(C)C)CC3)c2)cc1-c1nc2ccc(Oc3ccc4cnn(C5CCCCO5)c4c3)cc2o1. The molecule has 6 heterocycles. The van der Waals surface area contributed by atoms with Crippen LogP contribution in [0.5, 0.6) is 11.5 Å². The number of nitrogens with zero attached hydrogens (tertiary/aromatic N) is 7. The molecule has 4 aromatic heterocycles. The molecule has 13 heteroatoms. The van der Waals surface area contributed by atoms with Gasteiger partial charge in [-0.05, 0) is 104 Å². The Kier molecular flexibility index (Phi) is 9.29. The highest BCUT2D eigenvalue weighted by molar-refractivity contribution is 5.83. The number of oxazole rings is 1. The lowest BCUT2D eigenvalue weighted by molar-refractivity contribution is -0.0366. The van der Waals surface area contributed by atoms with E-state index in [4.69, 9.17) is 33.7 Å². The highest BCUT2D eigenvalue weighted by Crippen LogP contribution is 2.37. The number of carbonyl (C=O) groups excluding carboxylic acids is 1. The average Bonchev–Trinajstić information content (AvgIpc) is 3.90. The van der Waals surface area contributed by atoms with Crippen LogP contribution in [0.2, 0.25) is 0 Å². The van der Waals surface area contributed by atoms with E-state index in [-0.39, 0.29) is 23.9 Å². The first-order chi connectivity index (χ1) is 25.8. The molecule has 54 heavy (non-hydrogen) atoms. The van der Waals surface area contributed by atoms with E-state index in [2.05, 4.69) is 31.2 Å². The fraction of sp³-hybridized carbons (Fsp3) is 0.439. The molecule has 282 valence electrons. The van der Waals surface area contributed by atoms with Crippen LogP contribution in [0.3, 0.4) is 0 Å². The molecule has 1 N–H and O–H groups in total. The van der Waals surface area contributed by atoms with E-state index < -0.39 is 5.60 Å². The van der Waals surface area contributed by atoms with Gasteiger partial charge in [-0.3, -0.25) is 4.68 Å². The number of benzene rings is 2. The number of ether oxygens (including phenoxy) is 3. The number of amides is 1. The van der Waals surface area contributed by atoms with Gasteiger partial charge in [0.15, 0.2) is 11.8 Å². The van der Waals surface area contributed by atoms with Gasteiger partial charge in [0.2, 0.25) is 5.89 Å². The first kappa shape index (κ1) is 35.6. The standard InChI is InChI=1S/C41H48N8O5/c1-40(2,3)46-37-32(19-27(22-42-37)28-24-43-48(25-28)29-14-16-47(17-15-29)39(50)54-41(4,5)6)38-45-33-13-12-31(21-35(33)53-38)52-30-11-10-26-23-44-49(34(26)20-30)36-9-7-8-18-51-36/h10-13,19-25,29,36H,7-9,14-18H2,1-6H3,(H,42,46). The number of rotatable bonds is 7. The van der Waals surface area contributed by atoms with Crippen LogP contribution in [0.4, 0.5) is 10.6 Å². The molecule has 6 aromatic rings. The average molecular weight is 733 g/mol. The maximum atomic E-state index is 12.6. The van der Waals surface area contributed by atoms with Crippen LogP contribution in [0.1, 0.15) is 85.9 Å². The zero-order valence-electron chi connectivity index (χ0n) is 31.8. The molecule has 1 unspecified atom stereocenters. The highest BCUT2D eigenvalue weighted by Gasteiger charge is 2.28. The van der Waals surface area contributed by atoms with Crippen molar-refractivity contribution in [2.45, 2.75) is 97.1 Å². The second-order valence-corrected chi connectivity index (χ2v) is 16.3. The van der Waals surface area contributed by atoms with Crippen molar-refractivity contribution in [3.8, 4) is 34.1 Å². The number of carbonyl (C=O) groups is 1. The first-order valence-corrected chi connectivity index (χ1v) is 18.8. The molecule has 2 fully saturated rings. The van der Waals surface area contributed by atoms with E-state index in [1.165, 1.54) is 0 Å². The van der Waals surface area contributed by atoms with Crippen molar-refractivity contribution in [1.82, 2.24) is 34.4 Å². The van der Waals surface area contributed by atoms with Gasteiger partial charge in [0, 0.05) is 66.3 Å². The van der Waals surface area contributed by atoms with Crippen LogP contribution in [0.25, 0.3) is 44.6 Å². The number of hydrogen-bond donors (Lipinski definition) is 1. The maximum absolute atomic E-state index is 12.6. The third kappa shape index (κ3) is 7.77. The number of fused-ring (bicyclic) bond motifs is 2. The van der Waals surface area contributed by atoms with Crippen molar-refractivity contribution in [2.75, 3.05) is 25.0 Å². The van der Waals surface area contributed by atoms with Crippen LogP contribution >= 0.6 is 0 Å². The Morgan fingerprint density at radius 1 is 0.889 bits per heavy atom. The lowest BCUT2D eigenvalue weighted by Gasteiger charge is -2.33. The van der Waals surface area contributed by atoms with Gasteiger partial charge in [-0.1, -0.05) is 0 Å². The molecular weight excluding hydrogens is 685 g/mol. The Balaban J connectivity index is 1.03. The molecule has 2 aromatic carbocycles. The molecule has 13 nitrogen and oxygen atoms in total.